The summed E-state index contributed by atoms with van der Waals surface area (Å²) in [7, 11) is 0. The summed E-state index contributed by atoms with van der Waals surface area (Å²) in [6.07, 6.45) is 6.68. The van der Waals surface area contributed by atoms with Gasteiger partial charge >= 0.3 is 0 Å². The zero-order valence-corrected chi connectivity index (χ0v) is 16.2. The number of aromatic nitrogens is 3. The second-order valence-corrected chi connectivity index (χ2v) is 7.98. The molecular weight excluding hydrogens is 354 g/mol. The fourth-order valence-electron chi connectivity index (χ4n) is 4.18. The summed E-state index contributed by atoms with van der Waals surface area (Å²) in [4.78, 5) is 32.9. The number of piperidine rings is 2. The molecule has 0 saturated carbocycles. The second kappa shape index (κ2) is 8.37. The zero-order chi connectivity index (χ0) is 18.6. The number of hydrogen-bond acceptors (Lipinski definition) is 4. The Morgan fingerprint density at radius 3 is 2.92 bits per heavy atom. The molecule has 0 radical (unpaired) electrons. The smallest absolute Gasteiger partial charge is 0.242 e. The Kier molecular flexibility index (Phi) is 6.16. The first-order valence-electron chi connectivity index (χ1n) is 9.64. The molecule has 1 N–H and O–H groups in total. The molecule has 8 heteroatoms. The Bertz CT molecular complexity index is 649. The van der Waals surface area contributed by atoms with Crippen molar-refractivity contribution in [2.24, 2.45) is 5.41 Å². The first-order valence-corrected chi connectivity index (χ1v) is 10.0. The number of halogens is 1. The van der Waals surface area contributed by atoms with Crippen molar-refractivity contribution >= 4 is 23.4 Å². The lowest BCUT2D eigenvalue weighted by molar-refractivity contribution is -0.143. The van der Waals surface area contributed by atoms with E-state index in [1.54, 1.807) is 0 Å². The minimum atomic E-state index is 0.0745. The second-order valence-electron chi connectivity index (χ2n) is 7.64. The number of aromatic amines is 1. The SMILES string of the molecule is CCCCN1CC2(CCCN(C(=O)CCc3nc(Cl)n[nH]3)C2)CCC1=O. The van der Waals surface area contributed by atoms with Crippen LogP contribution in [0.5, 0.6) is 0 Å². The largest absolute Gasteiger partial charge is 0.342 e. The van der Waals surface area contributed by atoms with Crippen molar-refractivity contribution in [1.29, 1.82) is 0 Å². The summed E-state index contributed by atoms with van der Waals surface area (Å²) in [6, 6.07) is 0. The van der Waals surface area contributed by atoms with Crippen molar-refractivity contribution in [3.8, 4) is 0 Å². The number of H-pyrrole nitrogens is 1. The number of hydrogen-bond donors (Lipinski definition) is 1. The first-order chi connectivity index (χ1) is 12.5. The molecule has 2 amide bonds. The number of nitrogens with one attached hydrogen (secondary N) is 1. The molecule has 0 aromatic carbocycles. The van der Waals surface area contributed by atoms with Gasteiger partial charge in [-0.25, -0.2) is 4.98 Å². The molecule has 1 aromatic heterocycles. The maximum absolute atomic E-state index is 12.7. The Labute approximate surface area is 159 Å². The molecule has 2 saturated heterocycles. The summed E-state index contributed by atoms with van der Waals surface area (Å²) >= 11 is 5.70. The third-order valence-electron chi connectivity index (χ3n) is 5.62. The van der Waals surface area contributed by atoms with Crippen molar-refractivity contribution in [2.75, 3.05) is 26.2 Å². The highest BCUT2D eigenvalue weighted by molar-refractivity contribution is 6.28. The van der Waals surface area contributed by atoms with Gasteiger partial charge in [0.15, 0.2) is 0 Å². The predicted molar refractivity (Wildman–Crippen MR) is 98.7 cm³/mol. The van der Waals surface area contributed by atoms with Crippen molar-refractivity contribution in [1.82, 2.24) is 25.0 Å². The molecule has 0 aliphatic carbocycles. The maximum Gasteiger partial charge on any atom is 0.242 e. The van der Waals surface area contributed by atoms with Gasteiger partial charge in [-0.1, -0.05) is 13.3 Å². The van der Waals surface area contributed by atoms with Gasteiger partial charge in [-0.3, -0.25) is 14.7 Å². The van der Waals surface area contributed by atoms with Crippen molar-refractivity contribution < 1.29 is 9.59 Å². The van der Waals surface area contributed by atoms with Crippen LogP contribution in [-0.4, -0.2) is 63.0 Å². The summed E-state index contributed by atoms with van der Waals surface area (Å²) in [5.74, 6) is 1.06. The average molecular weight is 382 g/mol. The lowest BCUT2D eigenvalue weighted by atomic mass is 9.73. The van der Waals surface area contributed by atoms with Gasteiger partial charge in [0.25, 0.3) is 0 Å². The van der Waals surface area contributed by atoms with E-state index < -0.39 is 0 Å². The van der Waals surface area contributed by atoms with E-state index in [4.69, 9.17) is 11.6 Å². The van der Waals surface area contributed by atoms with Crippen LogP contribution in [0.2, 0.25) is 5.28 Å². The zero-order valence-electron chi connectivity index (χ0n) is 15.5. The summed E-state index contributed by atoms with van der Waals surface area (Å²) in [6.45, 7) is 5.36. The molecule has 1 aromatic rings. The van der Waals surface area contributed by atoms with Gasteiger partial charge in [0, 0.05) is 50.9 Å². The highest BCUT2D eigenvalue weighted by Gasteiger charge is 2.42. The number of carbonyl (C=O) groups excluding carboxylic acids is 2. The van der Waals surface area contributed by atoms with E-state index in [0.717, 1.165) is 58.3 Å². The van der Waals surface area contributed by atoms with Crippen LogP contribution in [-0.2, 0) is 16.0 Å². The number of carbonyl (C=O) groups is 2. The number of unbranched alkanes of at least 4 members (excludes halogenated alkanes) is 1. The highest BCUT2D eigenvalue weighted by Crippen LogP contribution is 2.39. The van der Waals surface area contributed by atoms with Crippen LogP contribution in [0, 0.1) is 5.41 Å². The van der Waals surface area contributed by atoms with E-state index >= 15 is 0 Å². The van der Waals surface area contributed by atoms with Crippen molar-refractivity contribution in [3.05, 3.63) is 11.1 Å². The quantitative estimate of drug-likeness (QED) is 0.820. The molecule has 2 aliphatic heterocycles. The lowest BCUT2D eigenvalue weighted by Crippen LogP contribution is -2.55. The molecule has 2 aliphatic rings. The fraction of sp³-hybridized carbons (Fsp3) is 0.778. The summed E-state index contributed by atoms with van der Waals surface area (Å²) in [5.41, 5.74) is 0.0745. The van der Waals surface area contributed by atoms with Gasteiger partial charge in [-0.05, 0) is 37.3 Å². The van der Waals surface area contributed by atoms with Gasteiger partial charge < -0.3 is 9.80 Å². The van der Waals surface area contributed by atoms with Gasteiger partial charge in [0.2, 0.25) is 17.1 Å². The molecule has 1 atom stereocenters. The number of nitrogens with zero attached hydrogens (tertiary/aromatic N) is 4. The monoisotopic (exact) mass is 381 g/mol. The minimum Gasteiger partial charge on any atom is -0.342 e. The molecule has 2 fully saturated rings. The highest BCUT2D eigenvalue weighted by atomic mass is 35.5. The van der Waals surface area contributed by atoms with Gasteiger partial charge in [0.05, 0.1) is 0 Å². The fourth-order valence-corrected chi connectivity index (χ4v) is 4.32. The van der Waals surface area contributed by atoms with Crippen LogP contribution in [0.4, 0.5) is 0 Å². The third kappa shape index (κ3) is 4.55. The average Bonchev–Trinajstić information content (AvgIpc) is 3.06. The molecule has 144 valence electrons. The maximum atomic E-state index is 12.7. The van der Waals surface area contributed by atoms with Crippen LogP contribution in [0.15, 0.2) is 0 Å². The van der Waals surface area contributed by atoms with Crippen molar-refractivity contribution in [2.45, 2.75) is 58.3 Å². The van der Waals surface area contributed by atoms with Gasteiger partial charge in [-0.15, -0.1) is 5.10 Å². The molecule has 26 heavy (non-hydrogen) atoms. The molecule has 7 nitrogen and oxygen atoms in total. The topological polar surface area (TPSA) is 82.2 Å². The van der Waals surface area contributed by atoms with Gasteiger partial charge in [-0.2, -0.15) is 0 Å². The van der Waals surface area contributed by atoms with E-state index in [9.17, 15) is 9.59 Å². The number of amides is 2. The predicted octanol–water partition coefficient (Wildman–Crippen LogP) is 2.42. The van der Waals surface area contributed by atoms with Crippen molar-refractivity contribution in [3.63, 3.8) is 0 Å². The molecule has 3 rings (SSSR count). The first kappa shape index (κ1) is 19.1. The molecule has 1 unspecified atom stereocenters. The Morgan fingerprint density at radius 1 is 1.35 bits per heavy atom. The van der Waals surface area contributed by atoms with Crippen LogP contribution in [0.25, 0.3) is 0 Å². The summed E-state index contributed by atoms with van der Waals surface area (Å²) in [5, 5.41) is 6.71. The third-order valence-corrected chi connectivity index (χ3v) is 5.79. The number of rotatable bonds is 6. The lowest BCUT2D eigenvalue weighted by Gasteiger charge is -2.48. The van der Waals surface area contributed by atoms with Crippen LogP contribution < -0.4 is 0 Å². The molecule has 1 spiro atoms. The van der Waals surface area contributed by atoms with E-state index in [-0.39, 0.29) is 22.5 Å². The van der Waals surface area contributed by atoms with Crippen LogP contribution in [0.1, 0.15) is 57.7 Å². The van der Waals surface area contributed by atoms with E-state index in [2.05, 4.69) is 22.1 Å². The Hall–Kier alpha value is -1.63. The Morgan fingerprint density at radius 2 is 2.19 bits per heavy atom. The van der Waals surface area contributed by atoms with E-state index in [0.29, 0.717) is 25.1 Å². The molecule has 3 heterocycles. The van der Waals surface area contributed by atoms with E-state index in [1.165, 1.54) is 0 Å². The number of likely N-dealkylation sites (tertiary alicyclic amines) is 2. The molecule has 0 bridgehead atoms. The normalized spacial score (nSPS) is 23.7. The minimum absolute atomic E-state index is 0.0745. The standard InChI is InChI=1S/C18H28ClN5O2/c1-2-3-10-23-12-18(9-7-16(23)26)8-4-11-24(13-18)15(25)6-5-14-20-17(19)22-21-14/h2-13H2,1H3,(H,20,21,22). The summed E-state index contributed by atoms with van der Waals surface area (Å²) < 4.78 is 0. The van der Waals surface area contributed by atoms with Gasteiger partial charge in [0.1, 0.15) is 5.82 Å². The van der Waals surface area contributed by atoms with Crippen LogP contribution >= 0.6 is 11.6 Å². The Balaban J connectivity index is 1.57. The number of aryl methyl sites for hydroxylation is 1. The van der Waals surface area contributed by atoms with E-state index in [1.807, 2.05) is 9.80 Å². The molecular formula is C18H28ClN5O2. The van der Waals surface area contributed by atoms with Crippen LogP contribution in [0.3, 0.4) is 0 Å².